The number of nitrogens with one attached hydrogen (secondary N) is 1. The SMILES string of the molecule is Cc1c(F)ccc(CNC(=O)c2cn3c(c(O)c2=O)C(=O)N2Cc4cc(F)c(F)cc4CC3C2)c1F. The number of pyridine rings is 1. The van der Waals surface area contributed by atoms with E-state index in [0.29, 0.717) is 11.1 Å². The molecule has 2 amide bonds. The van der Waals surface area contributed by atoms with E-state index in [9.17, 15) is 37.1 Å². The van der Waals surface area contributed by atoms with Crippen LogP contribution in [0, 0.1) is 30.2 Å². The zero-order chi connectivity index (χ0) is 25.9. The molecule has 2 aliphatic rings. The van der Waals surface area contributed by atoms with Gasteiger partial charge in [0.25, 0.3) is 11.8 Å². The number of aromatic nitrogens is 1. The summed E-state index contributed by atoms with van der Waals surface area (Å²) in [6, 6.07) is 3.69. The van der Waals surface area contributed by atoms with Gasteiger partial charge in [0.1, 0.15) is 17.2 Å². The Labute approximate surface area is 201 Å². The van der Waals surface area contributed by atoms with Crippen LogP contribution in [0.4, 0.5) is 17.6 Å². The number of carbonyl (C=O) groups excluding carboxylic acids is 2. The highest BCUT2D eigenvalue weighted by Crippen LogP contribution is 2.34. The highest BCUT2D eigenvalue weighted by molar-refractivity contribution is 5.99. The molecule has 2 aliphatic heterocycles. The second kappa shape index (κ2) is 8.51. The molecule has 0 aliphatic carbocycles. The van der Waals surface area contributed by atoms with Crippen molar-refractivity contribution in [2.45, 2.75) is 32.5 Å². The van der Waals surface area contributed by atoms with Crippen molar-refractivity contribution in [1.82, 2.24) is 14.8 Å². The Bertz CT molecular complexity index is 1520. The number of hydrogen-bond donors (Lipinski definition) is 2. The highest BCUT2D eigenvalue weighted by Gasteiger charge is 2.38. The van der Waals surface area contributed by atoms with Gasteiger partial charge in [0.2, 0.25) is 5.43 Å². The van der Waals surface area contributed by atoms with E-state index in [0.717, 1.165) is 30.5 Å². The van der Waals surface area contributed by atoms with Crippen LogP contribution in [0.25, 0.3) is 0 Å². The molecule has 2 bridgehead atoms. The molecule has 3 aromatic rings. The Kier molecular flexibility index (Phi) is 5.57. The molecular formula is C25H19F4N3O4. The van der Waals surface area contributed by atoms with Gasteiger partial charge in [-0.05, 0) is 42.7 Å². The van der Waals surface area contributed by atoms with Crippen LogP contribution in [0.15, 0.2) is 35.3 Å². The number of nitrogens with zero attached hydrogens (tertiary/aromatic N) is 2. The van der Waals surface area contributed by atoms with Crippen LogP contribution in [0.3, 0.4) is 0 Å². The van der Waals surface area contributed by atoms with Gasteiger partial charge in [0.15, 0.2) is 23.1 Å². The molecular weight excluding hydrogens is 482 g/mol. The Balaban J connectivity index is 1.51. The molecule has 0 saturated carbocycles. The fourth-order valence-electron chi connectivity index (χ4n) is 4.71. The van der Waals surface area contributed by atoms with Gasteiger partial charge in [-0.25, -0.2) is 17.6 Å². The van der Waals surface area contributed by atoms with Crippen molar-refractivity contribution in [3.05, 3.63) is 97.5 Å². The molecule has 3 heterocycles. The number of fused-ring (bicyclic) bond motifs is 5. The molecule has 0 saturated heterocycles. The lowest BCUT2D eigenvalue weighted by Gasteiger charge is -2.34. The molecule has 186 valence electrons. The molecule has 36 heavy (non-hydrogen) atoms. The van der Waals surface area contributed by atoms with E-state index in [1.807, 2.05) is 0 Å². The topological polar surface area (TPSA) is 91.6 Å². The smallest absolute Gasteiger partial charge is 0.274 e. The van der Waals surface area contributed by atoms with E-state index in [4.69, 9.17) is 0 Å². The normalized spacial score (nSPS) is 16.3. The third-order valence-electron chi connectivity index (χ3n) is 6.67. The van der Waals surface area contributed by atoms with Crippen molar-refractivity contribution >= 4 is 11.8 Å². The summed E-state index contributed by atoms with van der Waals surface area (Å²) in [5.74, 6) is -6.26. The highest BCUT2D eigenvalue weighted by atomic mass is 19.2. The van der Waals surface area contributed by atoms with Crippen molar-refractivity contribution in [2.24, 2.45) is 0 Å². The summed E-state index contributed by atoms with van der Waals surface area (Å²) in [6.07, 6.45) is 1.27. The van der Waals surface area contributed by atoms with Crippen LogP contribution < -0.4 is 10.7 Å². The summed E-state index contributed by atoms with van der Waals surface area (Å²) in [4.78, 5) is 40.0. The van der Waals surface area contributed by atoms with Crippen LogP contribution >= 0.6 is 0 Å². The fraction of sp³-hybridized carbons (Fsp3) is 0.240. The first kappa shape index (κ1) is 23.6. The average molecular weight is 501 g/mol. The van der Waals surface area contributed by atoms with Gasteiger partial charge in [0, 0.05) is 37.0 Å². The summed E-state index contributed by atoms with van der Waals surface area (Å²) in [5.41, 5.74) is -1.31. The Morgan fingerprint density at radius 2 is 1.78 bits per heavy atom. The van der Waals surface area contributed by atoms with Crippen LogP contribution in [0.5, 0.6) is 5.75 Å². The van der Waals surface area contributed by atoms with Gasteiger partial charge < -0.3 is 19.9 Å². The second-order valence-electron chi connectivity index (χ2n) is 8.88. The minimum Gasteiger partial charge on any atom is -0.503 e. The van der Waals surface area contributed by atoms with E-state index >= 15 is 0 Å². The molecule has 1 aromatic heterocycles. The van der Waals surface area contributed by atoms with E-state index < -0.39 is 57.9 Å². The maximum atomic E-state index is 14.3. The molecule has 1 atom stereocenters. The molecule has 1 unspecified atom stereocenters. The van der Waals surface area contributed by atoms with E-state index in [1.54, 1.807) is 0 Å². The quantitative estimate of drug-likeness (QED) is 0.540. The Morgan fingerprint density at radius 3 is 2.50 bits per heavy atom. The van der Waals surface area contributed by atoms with Gasteiger partial charge >= 0.3 is 0 Å². The summed E-state index contributed by atoms with van der Waals surface area (Å²) >= 11 is 0. The van der Waals surface area contributed by atoms with E-state index in [2.05, 4.69) is 5.32 Å². The number of halogens is 4. The Hall–Kier alpha value is -4.15. The maximum absolute atomic E-state index is 14.3. The lowest BCUT2D eigenvalue weighted by atomic mass is 10.0. The van der Waals surface area contributed by atoms with Crippen LogP contribution in [0.2, 0.25) is 0 Å². The van der Waals surface area contributed by atoms with E-state index in [1.165, 1.54) is 16.4 Å². The first-order chi connectivity index (χ1) is 17.1. The number of amides is 2. The maximum Gasteiger partial charge on any atom is 0.274 e. The van der Waals surface area contributed by atoms with Crippen LogP contribution in [-0.2, 0) is 19.5 Å². The van der Waals surface area contributed by atoms with Crippen molar-refractivity contribution in [2.75, 3.05) is 6.54 Å². The number of rotatable bonds is 3. The minimum absolute atomic E-state index is 0.00927. The van der Waals surface area contributed by atoms with Crippen molar-refractivity contribution in [3.63, 3.8) is 0 Å². The fourth-order valence-corrected chi connectivity index (χ4v) is 4.71. The zero-order valence-electron chi connectivity index (χ0n) is 18.9. The van der Waals surface area contributed by atoms with Gasteiger partial charge in [0.05, 0.1) is 6.04 Å². The monoisotopic (exact) mass is 501 g/mol. The zero-order valence-corrected chi connectivity index (χ0v) is 18.9. The molecule has 0 radical (unpaired) electrons. The Morgan fingerprint density at radius 1 is 1.08 bits per heavy atom. The predicted octanol–water partition coefficient (Wildman–Crippen LogP) is 3.10. The standard InChI is InChI=1S/C25H19F4N3O4/c1-11-17(26)3-2-12(20(11)29)7-30-24(35)16-10-32-15-4-13-5-18(27)19(28)6-14(13)8-31(9-15)25(36)21(32)23(34)22(16)33/h2-3,5-6,10,15,34H,4,7-9H2,1H3,(H,30,35). The lowest BCUT2D eigenvalue weighted by Crippen LogP contribution is -2.44. The second-order valence-corrected chi connectivity index (χ2v) is 8.88. The van der Waals surface area contributed by atoms with Gasteiger partial charge in [-0.2, -0.15) is 0 Å². The summed E-state index contributed by atoms with van der Waals surface area (Å²) in [5, 5.41) is 13.0. The van der Waals surface area contributed by atoms with E-state index in [-0.39, 0.29) is 42.9 Å². The average Bonchev–Trinajstić information content (AvgIpc) is 3.00. The molecule has 5 rings (SSSR count). The molecule has 11 heteroatoms. The minimum atomic E-state index is -1.10. The molecule has 2 aromatic carbocycles. The largest absolute Gasteiger partial charge is 0.503 e. The predicted molar refractivity (Wildman–Crippen MR) is 118 cm³/mol. The summed E-state index contributed by atoms with van der Waals surface area (Å²) in [7, 11) is 0. The third-order valence-corrected chi connectivity index (χ3v) is 6.67. The molecule has 0 fully saturated rings. The summed E-state index contributed by atoms with van der Waals surface area (Å²) in [6.45, 7) is 0.963. The molecule has 7 nitrogen and oxygen atoms in total. The first-order valence-corrected chi connectivity index (χ1v) is 11.0. The van der Waals surface area contributed by atoms with Crippen molar-refractivity contribution in [3.8, 4) is 5.75 Å². The van der Waals surface area contributed by atoms with Crippen LogP contribution in [0.1, 0.15) is 49.1 Å². The van der Waals surface area contributed by atoms with Crippen molar-refractivity contribution in [1.29, 1.82) is 0 Å². The van der Waals surface area contributed by atoms with Gasteiger partial charge in [-0.3, -0.25) is 14.4 Å². The first-order valence-electron chi connectivity index (χ1n) is 11.0. The number of carbonyl (C=O) groups is 2. The summed E-state index contributed by atoms with van der Waals surface area (Å²) < 4.78 is 56.8. The number of hydrogen-bond acceptors (Lipinski definition) is 4. The van der Waals surface area contributed by atoms with Gasteiger partial charge in [-0.15, -0.1) is 0 Å². The molecule has 0 spiro atoms. The lowest BCUT2D eigenvalue weighted by molar-refractivity contribution is 0.0653. The number of benzene rings is 2. The molecule has 2 N–H and O–H groups in total. The number of aromatic hydroxyl groups is 1. The van der Waals surface area contributed by atoms with Crippen molar-refractivity contribution < 1.29 is 32.3 Å². The van der Waals surface area contributed by atoms with Gasteiger partial charge in [-0.1, -0.05) is 6.07 Å². The third kappa shape index (κ3) is 3.71. The van der Waals surface area contributed by atoms with Crippen LogP contribution in [-0.4, -0.2) is 32.9 Å².